The molecule has 0 spiro atoms. The van der Waals surface area contributed by atoms with Gasteiger partial charge in [-0.05, 0) is 36.8 Å². The molecule has 0 atom stereocenters. The normalized spacial score (nSPS) is 11.8. The quantitative estimate of drug-likeness (QED) is 0.530. The van der Waals surface area contributed by atoms with Crippen molar-refractivity contribution in [3.63, 3.8) is 0 Å². The number of nitrogens with zero attached hydrogens (tertiary/aromatic N) is 2. The molecule has 0 fully saturated rings. The number of halogens is 3. The van der Waals surface area contributed by atoms with Gasteiger partial charge in [-0.15, -0.1) is 0 Å². The van der Waals surface area contributed by atoms with E-state index in [-0.39, 0.29) is 11.5 Å². The molecule has 1 aromatic carbocycles. The van der Waals surface area contributed by atoms with Gasteiger partial charge in [0.25, 0.3) is 0 Å². The predicted octanol–water partition coefficient (Wildman–Crippen LogP) is 3.29. The molecule has 9 heteroatoms. The highest BCUT2D eigenvalue weighted by molar-refractivity contribution is 5.79. The molecule has 0 unspecified atom stereocenters. The zero-order valence-corrected chi connectivity index (χ0v) is 15.7. The second-order valence-corrected chi connectivity index (χ2v) is 5.76. The third-order valence-electron chi connectivity index (χ3n) is 3.55. The van der Waals surface area contributed by atoms with Crippen molar-refractivity contribution < 1.29 is 22.6 Å². The van der Waals surface area contributed by atoms with E-state index in [1.54, 1.807) is 18.3 Å². The van der Waals surface area contributed by atoms with Crippen molar-refractivity contribution in [3.8, 4) is 11.5 Å². The van der Waals surface area contributed by atoms with Crippen LogP contribution in [0.5, 0.6) is 11.5 Å². The van der Waals surface area contributed by atoms with E-state index in [1.807, 2.05) is 25.1 Å². The van der Waals surface area contributed by atoms with E-state index in [0.29, 0.717) is 25.6 Å². The minimum absolute atomic E-state index is 0.0349. The van der Waals surface area contributed by atoms with Crippen LogP contribution in [0.3, 0.4) is 0 Å². The van der Waals surface area contributed by atoms with Crippen LogP contribution in [-0.2, 0) is 13.1 Å². The Morgan fingerprint density at radius 1 is 1.14 bits per heavy atom. The van der Waals surface area contributed by atoms with Gasteiger partial charge in [0.15, 0.2) is 24.1 Å². The van der Waals surface area contributed by atoms with E-state index < -0.39 is 12.8 Å². The van der Waals surface area contributed by atoms with Gasteiger partial charge in [-0.2, -0.15) is 13.2 Å². The Hall–Kier alpha value is -2.97. The van der Waals surface area contributed by atoms with Crippen LogP contribution in [0.4, 0.5) is 13.2 Å². The highest BCUT2D eigenvalue weighted by atomic mass is 19.4. The number of rotatable bonds is 8. The number of aromatic nitrogens is 1. The molecular formula is C19H23F3N4O2. The van der Waals surface area contributed by atoms with Gasteiger partial charge in [0, 0.05) is 12.7 Å². The van der Waals surface area contributed by atoms with Gasteiger partial charge in [-0.1, -0.05) is 12.1 Å². The average molecular weight is 396 g/mol. The maximum Gasteiger partial charge on any atom is 0.422 e. The molecule has 0 aliphatic carbocycles. The summed E-state index contributed by atoms with van der Waals surface area (Å²) in [6.45, 7) is 2.09. The van der Waals surface area contributed by atoms with Crippen LogP contribution in [0.15, 0.2) is 47.6 Å². The lowest BCUT2D eigenvalue weighted by Gasteiger charge is -2.14. The van der Waals surface area contributed by atoms with E-state index in [0.717, 1.165) is 11.3 Å². The van der Waals surface area contributed by atoms with Gasteiger partial charge < -0.3 is 20.1 Å². The van der Waals surface area contributed by atoms with E-state index in [1.165, 1.54) is 13.2 Å². The molecule has 152 valence electrons. The van der Waals surface area contributed by atoms with E-state index in [4.69, 9.17) is 9.47 Å². The maximum atomic E-state index is 12.3. The number of alkyl halides is 3. The van der Waals surface area contributed by atoms with Crippen LogP contribution >= 0.6 is 0 Å². The first-order valence-corrected chi connectivity index (χ1v) is 8.70. The van der Waals surface area contributed by atoms with Crippen molar-refractivity contribution in [3.05, 3.63) is 53.9 Å². The number of benzene rings is 1. The zero-order chi connectivity index (χ0) is 20.4. The summed E-state index contributed by atoms with van der Waals surface area (Å²) in [5.41, 5.74) is 1.65. The van der Waals surface area contributed by atoms with Gasteiger partial charge in [-0.25, -0.2) is 4.99 Å². The fraction of sp³-hybridized carbons (Fsp3) is 0.368. The van der Waals surface area contributed by atoms with E-state index in [9.17, 15) is 13.2 Å². The summed E-state index contributed by atoms with van der Waals surface area (Å²) in [5, 5.41) is 6.31. The minimum atomic E-state index is -4.41. The Bertz CT molecular complexity index is 768. The average Bonchev–Trinajstić information content (AvgIpc) is 2.69. The molecule has 0 amide bonds. The van der Waals surface area contributed by atoms with Gasteiger partial charge in [0.05, 0.1) is 25.9 Å². The maximum absolute atomic E-state index is 12.3. The number of aliphatic imine (C=N–C) groups is 1. The van der Waals surface area contributed by atoms with Crippen LogP contribution in [0.1, 0.15) is 18.2 Å². The summed E-state index contributed by atoms with van der Waals surface area (Å²) < 4.78 is 46.9. The summed E-state index contributed by atoms with van der Waals surface area (Å²) in [6.07, 6.45) is -2.69. The number of methoxy groups -OCH3 is 1. The van der Waals surface area contributed by atoms with Gasteiger partial charge in [-0.3, -0.25) is 4.98 Å². The van der Waals surface area contributed by atoms with Crippen LogP contribution in [-0.4, -0.2) is 37.4 Å². The lowest BCUT2D eigenvalue weighted by molar-refractivity contribution is -0.153. The molecule has 0 aliphatic rings. The van der Waals surface area contributed by atoms with Gasteiger partial charge >= 0.3 is 6.18 Å². The summed E-state index contributed by atoms with van der Waals surface area (Å²) in [5.74, 6) is 0.862. The molecule has 2 rings (SSSR count). The molecule has 2 N–H and O–H groups in total. The fourth-order valence-corrected chi connectivity index (χ4v) is 2.28. The molecule has 0 saturated carbocycles. The molecule has 0 saturated heterocycles. The number of pyridine rings is 1. The lowest BCUT2D eigenvalue weighted by Crippen LogP contribution is -2.37. The van der Waals surface area contributed by atoms with Crippen molar-refractivity contribution in [1.29, 1.82) is 0 Å². The van der Waals surface area contributed by atoms with E-state index >= 15 is 0 Å². The predicted molar refractivity (Wildman–Crippen MR) is 100 cm³/mol. The number of hydrogen-bond acceptors (Lipinski definition) is 4. The topological polar surface area (TPSA) is 67.8 Å². The van der Waals surface area contributed by atoms with E-state index in [2.05, 4.69) is 20.6 Å². The zero-order valence-electron chi connectivity index (χ0n) is 15.7. The molecule has 0 bridgehead atoms. The molecule has 2 aromatic rings. The Labute approximate surface area is 161 Å². The van der Waals surface area contributed by atoms with Crippen LogP contribution in [0.25, 0.3) is 0 Å². The van der Waals surface area contributed by atoms with Crippen molar-refractivity contribution in [2.75, 3.05) is 20.3 Å². The second-order valence-electron chi connectivity index (χ2n) is 5.76. The number of nitrogens with one attached hydrogen (secondary N) is 2. The first-order valence-electron chi connectivity index (χ1n) is 8.70. The molecule has 0 aliphatic heterocycles. The molecule has 1 heterocycles. The Kier molecular flexibility index (Phi) is 7.91. The molecule has 6 nitrogen and oxygen atoms in total. The Morgan fingerprint density at radius 3 is 2.61 bits per heavy atom. The highest BCUT2D eigenvalue weighted by Gasteiger charge is 2.29. The lowest BCUT2D eigenvalue weighted by atomic mass is 10.2. The first-order chi connectivity index (χ1) is 13.4. The Morgan fingerprint density at radius 2 is 1.96 bits per heavy atom. The smallest absolute Gasteiger partial charge is 0.422 e. The summed E-state index contributed by atoms with van der Waals surface area (Å²) in [4.78, 5) is 8.72. The monoisotopic (exact) mass is 396 g/mol. The third kappa shape index (κ3) is 7.34. The number of hydrogen-bond donors (Lipinski definition) is 2. The summed E-state index contributed by atoms with van der Waals surface area (Å²) >= 11 is 0. The third-order valence-corrected chi connectivity index (χ3v) is 3.55. The van der Waals surface area contributed by atoms with Crippen LogP contribution in [0, 0.1) is 0 Å². The summed E-state index contributed by atoms with van der Waals surface area (Å²) in [7, 11) is 1.38. The minimum Gasteiger partial charge on any atom is -0.493 e. The number of guanidine groups is 1. The van der Waals surface area contributed by atoms with Crippen LogP contribution in [0.2, 0.25) is 0 Å². The van der Waals surface area contributed by atoms with Crippen molar-refractivity contribution in [2.45, 2.75) is 26.2 Å². The second kappa shape index (κ2) is 10.4. The molecule has 28 heavy (non-hydrogen) atoms. The number of ether oxygens (including phenoxy) is 2. The molecular weight excluding hydrogens is 373 g/mol. The molecule has 1 aromatic heterocycles. The largest absolute Gasteiger partial charge is 0.493 e. The van der Waals surface area contributed by atoms with Crippen LogP contribution < -0.4 is 20.1 Å². The van der Waals surface area contributed by atoms with Gasteiger partial charge in [0.2, 0.25) is 0 Å². The van der Waals surface area contributed by atoms with Crippen molar-refractivity contribution in [1.82, 2.24) is 15.6 Å². The Balaban J connectivity index is 2.02. The van der Waals surface area contributed by atoms with Gasteiger partial charge in [0.1, 0.15) is 0 Å². The highest BCUT2D eigenvalue weighted by Crippen LogP contribution is 2.30. The SMILES string of the molecule is CCNC(=NCc1ccc(OCC(F)(F)F)c(OC)c1)NCc1ccccn1. The standard InChI is InChI=1S/C19H23F3N4O2/c1-3-23-18(26-12-15-6-4-5-9-24-15)25-11-14-7-8-16(17(10-14)27-2)28-13-19(20,21)22/h4-10H,3,11-13H2,1-2H3,(H2,23,25,26). The fourth-order valence-electron chi connectivity index (χ4n) is 2.28. The molecule has 0 radical (unpaired) electrons. The van der Waals surface area contributed by atoms with Crippen molar-refractivity contribution >= 4 is 5.96 Å². The summed E-state index contributed by atoms with van der Waals surface area (Å²) in [6, 6.07) is 10.4. The first kappa shape index (κ1) is 21.3. The van der Waals surface area contributed by atoms with Crippen molar-refractivity contribution in [2.24, 2.45) is 4.99 Å².